The number of nitrogens with one attached hydrogen (secondary N) is 1. The Labute approximate surface area is 154 Å². The van der Waals surface area contributed by atoms with Gasteiger partial charge in [0.2, 0.25) is 11.9 Å². The lowest BCUT2D eigenvalue weighted by Crippen LogP contribution is -2.28. The number of carbonyl (C=O) groups excluding carboxylic acids is 1. The highest BCUT2D eigenvalue weighted by Crippen LogP contribution is 2.39. The van der Waals surface area contributed by atoms with E-state index in [1.54, 1.807) is 12.1 Å². The SMILES string of the molecule is C[C@@H](NC(=O)CSc1nnc(N)n1C1CC1)c1ccc(Cl)c(Cl)c1. The van der Waals surface area contributed by atoms with Gasteiger partial charge in [0.05, 0.1) is 21.8 Å². The number of thioether (sulfide) groups is 1. The van der Waals surface area contributed by atoms with Gasteiger partial charge in [0.1, 0.15) is 0 Å². The smallest absolute Gasteiger partial charge is 0.230 e. The summed E-state index contributed by atoms with van der Waals surface area (Å²) in [6.07, 6.45) is 2.16. The minimum absolute atomic E-state index is 0.0949. The molecule has 24 heavy (non-hydrogen) atoms. The summed E-state index contributed by atoms with van der Waals surface area (Å²) < 4.78 is 1.90. The number of rotatable bonds is 6. The average molecular weight is 386 g/mol. The maximum atomic E-state index is 12.2. The topological polar surface area (TPSA) is 85.8 Å². The number of nitrogens with zero attached hydrogens (tertiary/aromatic N) is 3. The number of hydrogen-bond donors (Lipinski definition) is 2. The first kappa shape index (κ1) is 17.4. The molecule has 9 heteroatoms. The molecule has 1 saturated carbocycles. The van der Waals surface area contributed by atoms with Gasteiger partial charge >= 0.3 is 0 Å². The first-order valence-electron chi connectivity index (χ1n) is 7.53. The van der Waals surface area contributed by atoms with Crippen molar-refractivity contribution in [3.05, 3.63) is 33.8 Å². The van der Waals surface area contributed by atoms with Crippen molar-refractivity contribution in [3.8, 4) is 0 Å². The second-order valence-corrected chi connectivity index (χ2v) is 7.45. The number of hydrogen-bond acceptors (Lipinski definition) is 5. The van der Waals surface area contributed by atoms with Crippen LogP contribution in [0.4, 0.5) is 5.95 Å². The van der Waals surface area contributed by atoms with Gasteiger partial charge in [0.15, 0.2) is 5.16 Å². The van der Waals surface area contributed by atoms with E-state index in [0.717, 1.165) is 18.4 Å². The van der Waals surface area contributed by atoms with E-state index in [-0.39, 0.29) is 17.7 Å². The van der Waals surface area contributed by atoms with Gasteiger partial charge < -0.3 is 11.1 Å². The van der Waals surface area contributed by atoms with Crippen LogP contribution in [0.5, 0.6) is 0 Å². The lowest BCUT2D eigenvalue weighted by molar-refractivity contribution is -0.119. The Hall–Kier alpha value is -1.44. The van der Waals surface area contributed by atoms with Crippen LogP contribution in [0.15, 0.2) is 23.4 Å². The molecule has 1 heterocycles. The monoisotopic (exact) mass is 385 g/mol. The van der Waals surface area contributed by atoms with E-state index in [1.807, 2.05) is 17.6 Å². The third kappa shape index (κ3) is 3.96. The molecule has 1 amide bonds. The zero-order valence-corrected chi connectivity index (χ0v) is 15.3. The van der Waals surface area contributed by atoms with E-state index in [0.29, 0.717) is 27.2 Å². The summed E-state index contributed by atoms with van der Waals surface area (Å²) in [5.74, 6) is 0.559. The van der Waals surface area contributed by atoms with Crippen LogP contribution < -0.4 is 11.1 Å². The van der Waals surface area contributed by atoms with Crippen LogP contribution in [-0.2, 0) is 4.79 Å². The Kier molecular flexibility index (Phi) is 5.22. The summed E-state index contributed by atoms with van der Waals surface area (Å²) in [5.41, 5.74) is 6.72. The number of amides is 1. The molecule has 1 atom stereocenters. The number of nitrogens with two attached hydrogens (primary N) is 1. The summed E-state index contributed by atoms with van der Waals surface area (Å²) in [6, 6.07) is 5.53. The van der Waals surface area contributed by atoms with Gasteiger partial charge in [-0.2, -0.15) is 0 Å². The van der Waals surface area contributed by atoms with Crippen molar-refractivity contribution in [2.45, 2.75) is 37.0 Å². The van der Waals surface area contributed by atoms with Crippen LogP contribution in [0.1, 0.15) is 37.4 Å². The molecule has 0 bridgehead atoms. The van der Waals surface area contributed by atoms with Crippen LogP contribution in [0, 0.1) is 0 Å². The minimum Gasteiger partial charge on any atom is -0.368 e. The third-order valence-corrected chi connectivity index (χ3v) is 5.44. The maximum Gasteiger partial charge on any atom is 0.230 e. The Morgan fingerprint density at radius 3 is 2.83 bits per heavy atom. The first-order chi connectivity index (χ1) is 11.5. The fourth-order valence-corrected chi connectivity index (χ4v) is 3.47. The standard InChI is InChI=1S/C15H17Cl2N5OS/c1-8(9-2-5-11(16)12(17)6-9)19-13(23)7-24-15-21-20-14(18)22(15)10-3-4-10/h2,5-6,8,10H,3-4,7H2,1H3,(H2,18,20)(H,19,23)/t8-/m1/s1. The predicted octanol–water partition coefficient (Wildman–Crippen LogP) is 3.47. The Bertz CT molecular complexity index is 762. The molecule has 0 radical (unpaired) electrons. The molecule has 0 unspecified atom stereocenters. The highest BCUT2D eigenvalue weighted by Gasteiger charge is 2.29. The first-order valence-corrected chi connectivity index (χ1v) is 9.27. The molecule has 0 aliphatic heterocycles. The molecular weight excluding hydrogens is 369 g/mol. The summed E-state index contributed by atoms with van der Waals surface area (Å²) in [6.45, 7) is 1.90. The lowest BCUT2D eigenvalue weighted by Gasteiger charge is -2.15. The molecule has 0 spiro atoms. The van der Waals surface area contributed by atoms with E-state index >= 15 is 0 Å². The molecule has 1 aliphatic carbocycles. The van der Waals surface area contributed by atoms with Gasteiger partial charge in [0.25, 0.3) is 0 Å². The highest BCUT2D eigenvalue weighted by atomic mass is 35.5. The summed E-state index contributed by atoms with van der Waals surface area (Å²) in [4.78, 5) is 12.2. The van der Waals surface area contributed by atoms with E-state index < -0.39 is 0 Å². The van der Waals surface area contributed by atoms with Crippen molar-refractivity contribution < 1.29 is 4.79 Å². The number of carbonyl (C=O) groups is 1. The van der Waals surface area contributed by atoms with Gasteiger partial charge in [-0.25, -0.2) is 0 Å². The largest absolute Gasteiger partial charge is 0.368 e. The fraction of sp³-hybridized carbons (Fsp3) is 0.400. The lowest BCUT2D eigenvalue weighted by atomic mass is 10.1. The third-order valence-electron chi connectivity index (χ3n) is 3.76. The molecule has 1 fully saturated rings. The Morgan fingerprint density at radius 1 is 1.42 bits per heavy atom. The van der Waals surface area contributed by atoms with Crippen molar-refractivity contribution in [2.24, 2.45) is 0 Å². The van der Waals surface area contributed by atoms with Crippen LogP contribution in [0.3, 0.4) is 0 Å². The maximum absolute atomic E-state index is 12.2. The van der Waals surface area contributed by atoms with Crippen LogP contribution >= 0.6 is 35.0 Å². The fourth-order valence-electron chi connectivity index (χ4n) is 2.34. The van der Waals surface area contributed by atoms with E-state index in [9.17, 15) is 4.79 Å². The molecule has 128 valence electrons. The molecule has 2 aromatic rings. The second-order valence-electron chi connectivity index (χ2n) is 5.69. The number of nitrogen functional groups attached to an aromatic ring is 1. The molecular formula is C15H17Cl2N5OS. The van der Waals surface area contributed by atoms with Gasteiger partial charge in [-0.1, -0.05) is 41.0 Å². The number of halogens is 2. The normalized spacial score (nSPS) is 15.3. The number of aromatic nitrogens is 3. The van der Waals surface area contributed by atoms with Crippen molar-refractivity contribution in [3.63, 3.8) is 0 Å². The Morgan fingerprint density at radius 2 is 2.17 bits per heavy atom. The number of anilines is 1. The van der Waals surface area contributed by atoms with Crippen molar-refractivity contribution in [1.82, 2.24) is 20.1 Å². The van der Waals surface area contributed by atoms with Crippen molar-refractivity contribution in [2.75, 3.05) is 11.5 Å². The van der Waals surface area contributed by atoms with Crippen LogP contribution in [-0.4, -0.2) is 26.4 Å². The molecule has 1 aromatic heterocycles. The zero-order chi connectivity index (χ0) is 17.3. The van der Waals surface area contributed by atoms with Crippen LogP contribution in [0.25, 0.3) is 0 Å². The highest BCUT2D eigenvalue weighted by molar-refractivity contribution is 7.99. The summed E-state index contributed by atoms with van der Waals surface area (Å²) in [7, 11) is 0. The summed E-state index contributed by atoms with van der Waals surface area (Å²) in [5, 5.41) is 12.5. The quantitative estimate of drug-likeness (QED) is 0.743. The van der Waals surface area contributed by atoms with Gasteiger partial charge in [-0.3, -0.25) is 9.36 Å². The number of benzene rings is 1. The molecule has 1 aromatic carbocycles. The van der Waals surface area contributed by atoms with Gasteiger partial charge in [-0.05, 0) is 37.5 Å². The van der Waals surface area contributed by atoms with Crippen molar-refractivity contribution in [1.29, 1.82) is 0 Å². The van der Waals surface area contributed by atoms with Gasteiger partial charge in [0, 0.05) is 6.04 Å². The second kappa shape index (κ2) is 7.21. The average Bonchev–Trinajstić information content (AvgIpc) is 3.31. The predicted molar refractivity (Wildman–Crippen MR) is 96.4 cm³/mol. The molecule has 3 rings (SSSR count). The molecule has 0 saturated heterocycles. The van der Waals surface area contributed by atoms with Crippen LogP contribution in [0.2, 0.25) is 10.0 Å². The molecule has 6 nitrogen and oxygen atoms in total. The van der Waals surface area contributed by atoms with Gasteiger partial charge in [-0.15, -0.1) is 10.2 Å². The minimum atomic E-state index is -0.167. The van der Waals surface area contributed by atoms with Crippen molar-refractivity contribution >= 4 is 46.8 Å². The summed E-state index contributed by atoms with van der Waals surface area (Å²) >= 11 is 13.3. The van der Waals surface area contributed by atoms with E-state index in [4.69, 9.17) is 28.9 Å². The molecule has 3 N–H and O–H groups in total. The zero-order valence-electron chi connectivity index (χ0n) is 13.0. The van der Waals surface area contributed by atoms with E-state index in [2.05, 4.69) is 15.5 Å². The Balaban J connectivity index is 1.56. The van der Waals surface area contributed by atoms with E-state index in [1.165, 1.54) is 11.8 Å². The molecule has 1 aliphatic rings.